The van der Waals surface area contributed by atoms with Crippen molar-refractivity contribution in [1.29, 1.82) is 0 Å². The molecule has 0 aliphatic rings. The molecule has 3 heterocycles. The minimum absolute atomic E-state index is 0.159. The molecule has 0 atom stereocenters. The quantitative estimate of drug-likeness (QED) is 0.440. The number of nitrogens with one attached hydrogen (secondary N) is 1. The predicted molar refractivity (Wildman–Crippen MR) is 124 cm³/mol. The smallest absolute Gasteiger partial charge is 0.256 e. The summed E-state index contributed by atoms with van der Waals surface area (Å²) < 4.78 is 3.98. The first kappa shape index (κ1) is 19.1. The van der Waals surface area contributed by atoms with Crippen LogP contribution in [0.4, 0.5) is 5.69 Å². The van der Waals surface area contributed by atoms with Crippen molar-refractivity contribution in [2.75, 3.05) is 5.32 Å². The zero-order valence-electron chi connectivity index (χ0n) is 17.8. The third kappa shape index (κ3) is 3.26. The van der Waals surface area contributed by atoms with Crippen molar-refractivity contribution in [1.82, 2.24) is 19.3 Å². The molecule has 31 heavy (non-hydrogen) atoms. The van der Waals surface area contributed by atoms with Gasteiger partial charge in [-0.05, 0) is 68.6 Å². The van der Waals surface area contributed by atoms with Crippen LogP contribution in [0.15, 0.2) is 66.9 Å². The zero-order chi connectivity index (χ0) is 21.5. The van der Waals surface area contributed by atoms with E-state index >= 15 is 0 Å². The van der Waals surface area contributed by atoms with Gasteiger partial charge in [0, 0.05) is 29.8 Å². The number of rotatable bonds is 4. The molecule has 0 fully saturated rings. The van der Waals surface area contributed by atoms with Gasteiger partial charge in [0.2, 0.25) is 0 Å². The molecular weight excluding hydrogens is 386 g/mol. The molecule has 0 aliphatic carbocycles. The Labute approximate surface area is 180 Å². The van der Waals surface area contributed by atoms with E-state index in [2.05, 4.69) is 44.4 Å². The summed E-state index contributed by atoms with van der Waals surface area (Å²) in [5.41, 5.74) is 5.89. The van der Waals surface area contributed by atoms with Crippen molar-refractivity contribution in [3.8, 4) is 5.69 Å². The first-order chi connectivity index (χ1) is 15.0. The van der Waals surface area contributed by atoms with Gasteiger partial charge in [-0.25, -0.2) is 9.67 Å². The lowest BCUT2D eigenvalue weighted by Gasteiger charge is -2.10. The molecule has 154 valence electrons. The van der Waals surface area contributed by atoms with Crippen LogP contribution in [0.1, 0.15) is 28.7 Å². The number of nitrogens with zero attached hydrogens (tertiary/aromatic N) is 4. The summed E-state index contributed by atoms with van der Waals surface area (Å²) in [5, 5.41) is 9.56. The average Bonchev–Trinajstić information content (AvgIpc) is 3.35. The van der Waals surface area contributed by atoms with Crippen LogP contribution < -0.4 is 5.32 Å². The fourth-order valence-electron chi connectivity index (χ4n) is 4.09. The monoisotopic (exact) mass is 409 g/mol. The minimum Gasteiger partial charge on any atom is -0.322 e. The lowest BCUT2D eigenvalue weighted by molar-refractivity contribution is 0.102. The van der Waals surface area contributed by atoms with Crippen molar-refractivity contribution >= 4 is 33.5 Å². The number of carbonyl (C=O) groups excluding carboxylic acids is 1. The van der Waals surface area contributed by atoms with Crippen LogP contribution in [-0.2, 0) is 6.54 Å². The van der Waals surface area contributed by atoms with Crippen molar-refractivity contribution in [2.24, 2.45) is 0 Å². The van der Waals surface area contributed by atoms with Crippen LogP contribution in [0.3, 0.4) is 0 Å². The van der Waals surface area contributed by atoms with Crippen LogP contribution in [0.2, 0.25) is 0 Å². The fourth-order valence-corrected chi connectivity index (χ4v) is 4.09. The van der Waals surface area contributed by atoms with E-state index in [-0.39, 0.29) is 5.91 Å². The van der Waals surface area contributed by atoms with Crippen LogP contribution in [0, 0.1) is 13.8 Å². The number of pyridine rings is 1. The van der Waals surface area contributed by atoms with E-state index in [1.165, 1.54) is 5.39 Å². The van der Waals surface area contributed by atoms with Gasteiger partial charge in [0.15, 0.2) is 5.65 Å². The Morgan fingerprint density at radius 1 is 1.03 bits per heavy atom. The summed E-state index contributed by atoms with van der Waals surface area (Å²) in [6, 6.07) is 20.1. The highest BCUT2D eigenvalue weighted by molar-refractivity contribution is 6.12. The Morgan fingerprint density at radius 2 is 1.81 bits per heavy atom. The maximum absolute atomic E-state index is 13.1. The highest BCUT2D eigenvalue weighted by Gasteiger charge is 2.18. The third-order valence-electron chi connectivity index (χ3n) is 5.55. The molecule has 0 aliphatic heterocycles. The molecule has 0 saturated heterocycles. The maximum atomic E-state index is 13.1. The Morgan fingerprint density at radius 3 is 2.58 bits per heavy atom. The number of carbonyl (C=O) groups is 1. The number of amides is 1. The second-order valence-electron chi connectivity index (χ2n) is 7.66. The molecule has 0 radical (unpaired) electrons. The second kappa shape index (κ2) is 7.40. The van der Waals surface area contributed by atoms with Gasteiger partial charge in [-0.15, -0.1) is 0 Å². The van der Waals surface area contributed by atoms with E-state index in [0.717, 1.165) is 39.3 Å². The van der Waals surface area contributed by atoms with Gasteiger partial charge in [0.05, 0.1) is 22.2 Å². The van der Waals surface area contributed by atoms with Crippen molar-refractivity contribution < 1.29 is 4.79 Å². The number of para-hydroxylation sites is 1. The van der Waals surface area contributed by atoms with Gasteiger partial charge in [-0.3, -0.25) is 4.79 Å². The summed E-state index contributed by atoms with van der Waals surface area (Å²) in [5.74, 6) is -0.159. The molecule has 5 rings (SSSR count). The first-order valence-corrected chi connectivity index (χ1v) is 10.4. The lowest BCUT2D eigenvalue weighted by Crippen LogP contribution is -2.13. The molecule has 6 nitrogen and oxygen atoms in total. The largest absolute Gasteiger partial charge is 0.322 e. The standard InChI is InChI=1S/C25H23N5O/c1-4-30-24-23(17(3)28-30)21(15-16(2)26-24)25(31)27-19-9-11-20(12-10-19)29-14-13-18-7-5-6-8-22(18)29/h5-15H,4H2,1-3H3,(H,27,31). The average molecular weight is 409 g/mol. The second-order valence-corrected chi connectivity index (χ2v) is 7.66. The number of anilines is 1. The summed E-state index contributed by atoms with van der Waals surface area (Å²) in [6.07, 6.45) is 2.06. The molecule has 0 spiro atoms. The first-order valence-electron chi connectivity index (χ1n) is 10.4. The van der Waals surface area contributed by atoms with Gasteiger partial charge in [0.1, 0.15) is 0 Å². The van der Waals surface area contributed by atoms with Crippen molar-refractivity contribution in [3.05, 3.63) is 83.8 Å². The van der Waals surface area contributed by atoms with Crippen molar-refractivity contribution in [3.63, 3.8) is 0 Å². The molecule has 1 N–H and O–H groups in total. The Balaban J connectivity index is 1.46. The SMILES string of the molecule is CCn1nc(C)c2c(C(=O)Nc3ccc(-n4ccc5ccccc54)cc3)cc(C)nc21. The Kier molecular flexibility index (Phi) is 4.55. The maximum Gasteiger partial charge on any atom is 0.256 e. The molecule has 5 aromatic rings. The van der Waals surface area contributed by atoms with Gasteiger partial charge in [-0.2, -0.15) is 5.10 Å². The number of hydrogen-bond donors (Lipinski definition) is 1. The molecule has 0 bridgehead atoms. The molecular formula is C25H23N5O. The molecule has 2 aromatic carbocycles. The van der Waals surface area contributed by atoms with Gasteiger partial charge < -0.3 is 9.88 Å². The summed E-state index contributed by atoms with van der Waals surface area (Å²) >= 11 is 0. The molecule has 0 unspecified atom stereocenters. The van der Waals surface area contributed by atoms with Crippen LogP contribution in [-0.4, -0.2) is 25.2 Å². The van der Waals surface area contributed by atoms with E-state index < -0.39 is 0 Å². The van der Waals surface area contributed by atoms with Crippen LogP contribution >= 0.6 is 0 Å². The summed E-state index contributed by atoms with van der Waals surface area (Å²) in [4.78, 5) is 17.7. The van der Waals surface area contributed by atoms with Crippen molar-refractivity contribution in [2.45, 2.75) is 27.3 Å². The highest BCUT2D eigenvalue weighted by Crippen LogP contribution is 2.25. The summed E-state index contributed by atoms with van der Waals surface area (Å²) in [6.45, 7) is 6.54. The summed E-state index contributed by atoms with van der Waals surface area (Å²) in [7, 11) is 0. The predicted octanol–water partition coefficient (Wildman–Crippen LogP) is 5.26. The zero-order valence-corrected chi connectivity index (χ0v) is 17.8. The number of aryl methyl sites for hydroxylation is 3. The Hall–Kier alpha value is -3.93. The van der Waals surface area contributed by atoms with Crippen LogP contribution in [0.25, 0.3) is 27.6 Å². The van der Waals surface area contributed by atoms with E-state index in [0.29, 0.717) is 12.1 Å². The van der Waals surface area contributed by atoms with Gasteiger partial charge in [-0.1, -0.05) is 18.2 Å². The third-order valence-corrected chi connectivity index (χ3v) is 5.55. The minimum atomic E-state index is -0.159. The van der Waals surface area contributed by atoms with Crippen LogP contribution in [0.5, 0.6) is 0 Å². The molecule has 6 heteroatoms. The lowest BCUT2D eigenvalue weighted by atomic mass is 10.1. The molecule has 3 aromatic heterocycles. The number of aromatic nitrogens is 4. The van der Waals surface area contributed by atoms with E-state index in [9.17, 15) is 4.79 Å². The number of fused-ring (bicyclic) bond motifs is 2. The topological polar surface area (TPSA) is 64.7 Å². The number of benzene rings is 2. The van der Waals surface area contributed by atoms with E-state index in [1.807, 2.05) is 67.9 Å². The normalized spacial score (nSPS) is 11.3. The molecule has 0 saturated carbocycles. The van der Waals surface area contributed by atoms with E-state index in [1.54, 1.807) is 0 Å². The Bertz CT molecular complexity index is 1430. The van der Waals surface area contributed by atoms with Gasteiger partial charge in [0.25, 0.3) is 5.91 Å². The van der Waals surface area contributed by atoms with Gasteiger partial charge >= 0.3 is 0 Å². The van der Waals surface area contributed by atoms with E-state index in [4.69, 9.17) is 0 Å². The molecule has 1 amide bonds. The highest BCUT2D eigenvalue weighted by atomic mass is 16.1. The fraction of sp³-hybridized carbons (Fsp3) is 0.160. The number of hydrogen-bond acceptors (Lipinski definition) is 3.